The van der Waals surface area contributed by atoms with Crippen LogP contribution < -0.4 is 5.32 Å². The van der Waals surface area contributed by atoms with Gasteiger partial charge in [-0.2, -0.15) is 5.10 Å². The maximum Gasteiger partial charge on any atom is 0.407 e. The smallest absolute Gasteiger partial charge is 0.407 e. The number of ether oxygens (including phenoxy) is 2. The van der Waals surface area contributed by atoms with Gasteiger partial charge in [-0.25, -0.2) is 9.59 Å². The normalized spacial score (nSPS) is 13.8. The summed E-state index contributed by atoms with van der Waals surface area (Å²) in [6.07, 6.45) is 2.68. The number of carbonyl (C=O) groups excluding carboxylic acids is 2. The Bertz CT molecular complexity index is 543. The number of methoxy groups -OCH3 is 1. The van der Waals surface area contributed by atoms with E-state index in [1.54, 1.807) is 37.7 Å². The monoisotopic (exact) mass is 357 g/mol. The zero-order valence-corrected chi connectivity index (χ0v) is 14.8. The third kappa shape index (κ3) is 6.76. The molecule has 1 amide bonds. The summed E-state index contributed by atoms with van der Waals surface area (Å²) in [5.74, 6) is -0.280. The Hall–Kier alpha value is -2.05. The molecule has 1 aliphatic rings. The second kappa shape index (κ2) is 10.1. The summed E-state index contributed by atoms with van der Waals surface area (Å²) in [7, 11) is 1.37. The fourth-order valence-corrected chi connectivity index (χ4v) is 2.01. The van der Waals surface area contributed by atoms with Crippen molar-refractivity contribution in [2.75, 3.05) is 7.11 Å². The summed E-state index contributed by atoms with van der Waals surface area (Å²) in [6, 6.07) is 1.76. The van der Waals surface area contributed by atoms with E-state index in [0.717, 1.165) is 12.8 Å². The van der Waals surface area contributed by atoms with Crippen molar-refractivity contribution in [3.05, 3.63) is 18.0 Å². The molecule has 0 radical (unpaired) electrons. The number of esters is 1. The van der Waals surface area contributed by atoms with Gasteiger partial charge in [0.05, 0.1) is 19.3 Å². The fourth-order valence-electron chi connectivity index (χ4n) is 2.01. The standard InChI is InChI=1S/C14H21N3O4.C2H6.2CH4/c1-13(2,3)21-12(19)15-9-10-5-8-17(16-10)14(6-7-14)11(18)20-4;1-2;;/h5,8H,6-7,9H2,1-4H3,(H,15,19);1-2H3;2*1H4. The molecule has 25 heavy (non-hydrogen) atoms. The van der Waals surface area contributed by atoms with Gasteiger partial charge in [-0.05, 0) is 39.7 Å². The van der Waals surface area contributed by atoms with Crippen LogP contribution in [-0.4, -0.2) is 34.6 Å². The maximum absolute atomic E-state index is 11.8. The molecule has 0 bridgehead atoms. The number of aromatic nitrogens is 2. The first kappa shape index (κ1) is 25.2. The van der Waals surface area contributed by atoms with Gasteiger partial charge in [0, 0.05) is 6.20 Å². The highest BCUT2D eigenvalue weighted by atomic mass is 16.6. The second-order valence-electron chi connectivity index (χ2n) is 6.13. The van der Waals surface area contributed by atoms with Crippen LogP contribution in [0.4, 0.5) is 4.79 Å². The first-order chi connectivity index (χ1) is 10.8. The summed E-state index contributed by atoms with van der Waals surface area (Å²) >= 11 is 0. The molecule has 1 aliphatic carbocycles. The Labute approximate surface area is 152 Å². The number of alkyl carbamates (subject to hydrolysis) is 1. The van der Waals surface area contributed by atoms with E-state index in [0.29, 0.717) is 5.69 Å². The van der Waals surface area contributed by atoms with E-state index in [2.05, 4.69) is 10.4 Å². The van der Waals surface area contributed by atoms with Crippen molar-refractivity contribution < 1.29 is 19.1 Å². The van der Waals surface area contributed by atoms with Crippen molar-refractivity contribution in [3.63, 3.8) is 0 Å². The van der Waals surface area contributed by atoms with E-state index in [-0.39, 0.29) is 27.4 Å². The Morgan fingerprint density at radius 1 is 1.28 bits per heavy atom. The minimum atomic E-state index is -0.654. The topological polar surface area (TPSA) is 82.5 Å². The zero-order chi connectivity index (χ0) is 17.7. The van der Waals surface area contributed by atoms with Gasteiger partial charge in [0.15, 0.2) is 5.54 Å². The maximum atomic E-state index is 11.8. The van der Waals surface area contributed by atoms with Crippen molar-refractivity contribution in [1.29, 1.82) is 0 Å². The molecule has 0 atom stereocenters. The molecule has 0 saturated heterocycles. The second-order valence-corrected chi connectivity index (χ2v) is 6.13. The molecule has 1 N–H and O–H groups in total. The SMILES string of the molecule is C.C.CC.COC(=O)C1(n2ccc(CNC(=O)OC(C)(C)C)n2)CC1. The van der Waals surface area contributed by atoms with E-state index >= 15 is 0 Å². The largest absolute Gasteiger partial charge is 0.467 e. The van der Waals surface area contributed by atoms with Crippen molar-refractivity contribution in [3.8, 4) is 0 Å². The first-order valence-electron chi connectivity index (χ1n) is 7.87. The van der Waals surface area contributed by atoms with Gasteiger partial charge in [0.25, 0.3) is 0 Å². The van der Waals surface area contributed by atoms with Crippen LogP contribution in [-0.2, 0) is 26.4 Å². The molecule has 1 aromatic heterocycles. The Kier molecular flexibility index (Phi) is 10.1. The van der Waals surface area contributed by atoms with Gasteiger partial charge in [-0.3, -0.25) is 4.68 Å². The van der Waals surface area contributed by atoms with Crippen LogP contribution in [0.1, 0.15) is 68.0 Å². The first-order valence-corrected chi connectivity index (χ1v) is 7.87. The number of nitrogens with one attached hydrogen (secondary N) is 1. The number of amides is 1. The molecule has 1 heterocycles. The zero-order valence-electron chi connectivity index (χ0n) is 14.8. The minimum absolute atomic E-state index is 0. The Balaban J connectivity index is 0. The van der Waals surface area contributed by atoms with Crippen LogP contribution in [0.15, 0.2) is 12.3 Å². The average Bonchev–Trinajstić information content (AvgIpc) is 3.17. The molecule has 7 nitrogen and oxygen atoms in total. The third-order valence-corrected chi connectivity index (χ3v) is 3.18. The van der Waals surface area contributed by atoms with Gasteiger partial charge >= 0.3 is 12.1 Å². The van der Waals surface area contributed by atoms with Crippen LogP contribution in [0, 0.1) is 0 Å². The Morgan fingerprint density at radius 2 is 1.84 bits per heavy atom. The van der Waals surface area contributed by atoms with E-state index in [4.69, 9.17) is 9.47 Å². The number of hydrogen-bond acceptors (Lipinski definition) is 5. The molecule has 1 aromatic rings. The van der Waals surface area contributed by atoms with Gasteiger partial charge in [0.2, 0.25) is 0 Å². The molecule has 1 fully saturated rings. The summed E-state index contributed by atoms with van der Waals surface area (Å²) in [5, 5.41) is 6.96. The predicted octanol–water partition coefficient (Wildman–Crippen LogP) is 3.87. The highest BCUT2D eigenvalue weighted by Gasteiger charge is 2.54. The van der Waals surface area contributed by atoms with Crippen molar-refractivity contribution in [1.82, 2.24) is 15.1 Å². The number of rotatable bonds is 4. The van der Waals surface area contributed by atoms with Gasteiger partial charge in [0.1, 0.15) is 5.60 Å². The number of hydrogen-bond donors (Lipinski definition) is 1. The minimum Gasteiger partial charge on any atom is -0.467 e. The highest BCUT2D eigenvalue weighted by Crippen LogP contribution is 2.44. The van der Waals surface area contributed by atoms with Crippen LogP contribution in [0.25, 0.3) is 0 Å². The van der Waals surface area contributed by atoms with E-state index in [9.17, 15) is 9.59 Å². The fraction of sp³-hybridized carbons (Fsp3) is 0.722. The molecular formula is C18H35N3O4. The van der Waals surface area contributed by atoms with E-state index in [1.165, 1.54) is 7.11 Å². The lowest BCUT2D eigenvalue weighted by Gasteiger charge is -2.19. The Morgan fingerprint density at radius 3 is 2.28 bits per heavy atom. The third-order valence-electron chi connectivity index (χ3n) is 3.18. The van der Waals surface area contributed by atoms with Gasteiger partial charge < -0.3 is 14.8 Å². The molecule has 2 rings (SSSR count). The van der Waals surface area contributed by atoms with E-state index < -0.39 is 17.2 Å². The molecule has 1 saturated carbocycles. The van der Waals surface area contributed by atoms with Crippen LogP contribution in [0.3, 0.4) is 0 Å². The lowest BCUT2D eigenvalue weighted by Crippen LogP contribution is -2.32. The predicted molar refractivity (Wildman–Crippen MR) is 99.3 cm³/mol. The van der Waals surface area contributed by atoms with Gasteiger partial charge in [-0.15, -0.1) is 0 Å². The van der Waals surface area contributed by atoms with Gasteiger partial charge in [-0.1, -0.05) is 28.7 Å². The summed E-state index contributed by atoms with van der Waals surface area (Å²) in [6.45, 7) is 9.65. The van der Waals surface area contributed by atoms with Crippen LogP contribution >= 0.6 is 0 Å². The van der Waals surface area contributed by atoms with E-state index in [1.807, 2.05) is 13.8 Å². The molecule has 0 spiro atoms. The summed E-state index contributed by atoms with van der Waals surface area (Å²) in [4.78, 5) is 23.3. The highest BCUT2D eigenvalue weighted by molar-refractivity contribution is 5.81. The van der Waals surface area contributed by atoms with Crippen LogP contribution in [0.5, 0.6) is 0 Å². The van der Waals surface area contributed by atoms with Crippen molar-refractivity contribution in [2.45, 2.75) is 80.0 Å². The summed E-state index contributed by atoms with van der Waals surface area (Å²) < 4.78 is 11.6. The average molecular weight is 357 g/mol. The lowest BCUT2D eigenvalue weighted by atomic mass is 10.2. The molecule has 7 heteroatoms. The molecule has 0 aromatic carbocycles. The molecule has 0 unspecified atom stereocenters. The summed E-state index contributed by atoms with van der Waals surface area (Å²) in [5.41, 5.74) is -0.526. The number of nitrogens with zero attached hydrogens (tertiary/aromatic N) is 2. The molecule has 146 valence electrons. The molecular weight excluding hydrogens is 322 g/mol. The van der Waals surface area contributed by atoms with Crippen molar-refractivity contribution in [2.24, 2.45) is 0 Å². The van der Waals surface area contributed by atoms with Crippen LogP contribution in [0.2, 0.25) is 0 Å². The number of carbonyl (C=O) groups is 2. The van der Waals surface area contributed by atoms with Crippen molar-refractivity contribution >= 4 is 12.1 Å². The lowest BCUT2D eigenvalue weighted by molar-refractivity contribution is -0.146. The quantitative estimate of drug-likeness (QED) is 0.827. The molecule has 0 aliphatic heterocycles.